The van der Waals surface area contributed by atoms with E-state index < -0.39 is 0 Å². The van der Waals surface area contributed by atoms with E-state index in [1.54, 1.807) is 11.3 Å². The molecule has 0 bridgehead atoms. The summed E-state index contributed by atoms with van der Waals surface area (Å²) in [5.74, 6) is 0. The fraction of sp³-hybridized carbons (Fsp3) is 0.786. The standard InChI is InChI=1S/C14H24N2OS/c1-4-15-11(2)12-10-18-13(16-12)14(17-3)8-6-5-7-9-14/h10-11,15H,4-9H2,1-3H3. The Morgan fingerprint density at radius 1 is 1.44 bits per heavy atom. The molecule has 1 unspecified atom stereocenters. The summed E-state index contributed by atoms with van der Waals surface area (Å²) in [6, 6.07) is 0.331. The highest BCUT2D eigenvalue weighted by molar-refractivity contribution is 7.09. The van der Waals surface area contributed by atoms with E-state index in [9.17, 15) is 0 Å². The molecule has 1 N–H and O–H groups in total. The zero-order valence-corrected chi connectivity index (χ0v) is 12.5. The van der Waals surface area contributed by atoms with Crippen molar-refractivity contribution in [3.05, 3.63) is 16.1 Å². The lowest BCUT2D eigenvalue weighted by Gasteiger charge is -2.34. The third kappa shape index (κ3) is 2.76. The zero-order chi connectivity index (χ0) is 13.0. The molecular formula is C14H24N2OS. The summed E-state index contributed by atoms with van der Waals surface area (Å²) in [6.07, 6.45) is 6.08. The van der Waals surface area contributed by atoms with Crippen molar-refractivity contribution in [3.63, 3.8) is 0 Å². The maximum absolute atomic E-state index is 5.85. The average Bonchev–Trinajstić information content (AvgIpc) is 2.90. The molecule has 0 amide bonds. The second-order valence-electron chi connectivity index (χ2n) is 5.12. The van der Waals surface area contributed by atoms with Gasteiger partial charge < -0.3 is 10.1 Å². The molecule has 1 aliphatic carbocycles. The third-order valence-corrected chi connectivity index (χ3v) is 4.96. The first-order valence-corrected chi connectivity index (χ1v) is 7.84. The summed E-state index contributed by atoms with van der Waals surface area (Å²) in [7, 11) is 1.83. The molecule has 1 saturated carbocycles. The first-order valence-electron chi connectivity index (χ1n) is 6.96. The van der Waals surface area contributed by atoms with Crippen molar-refractivity contribution in [2.45, 2.75) is 57.6 Å². The molecule has 1 atom stereocenters. The van der Waals surface area contributed by atoms with Crippen molar-refractivity contribution in [1.29, 1.82) is 0 Å². The summed E-state index contributed by atoms with van der Waals surface area (Å²) in [5, 5.41) is 6.76. The molecule has 4 heteroatoms. The molecule has 0 spiro atoms. The quantitative estimate of drug-likeness (QED) is 0.885. The number of ether oxygens (including phenoxy) is 1. The Morgan fingerprint density at radius 2 is 2.17 bits per heavy atom. The van der Waals surface area contributed by atoms with Crippen LogP contribution in [-0.4, -0.2) is 18.6 Å². The van der Waals surface area contributed by atoms with Gasteiger partial charge in [0.25, 0.3) is 0 Å². The van der Waals surface area contributed by atoms with Crippen molar-refractivity contribution in [2.24, 2.45) is 0 Å². The first-order chi connectivity index (χ1) is 8.72. The van der Waals surface area contributed by atoms with E-state index in [0.717, 1.165) is 25.1 Å². The molecule has 102 valence electrons. The summed E-state index contributed by atoms with van der Waals surface area (Å²) < 4.78 is 5.85. The average molecular weight is 268 g/mol. The maximum atomic E-state index is 5.85. The van der Waals surface area contributed by atoms with Gasteiger partial charge in [0, 0.05) is 18.5 Å². The van der Waals surface area contributed by atoms with Crippen LogP contribution in [0.1, 0.15) is 62.7 Å². The molecular weight excluding hydrogens is 244 g/mol. The van der Waals surface area contributed by atoms with Crippen LogP contribution in [0.3, 0.4) is 0 Å². The van der Waals surface area contributed by atoms with Crippen LogP contribution in [-0.2, 0) is 10.3 Å². The van der Waals surface area contributed by atoms with Gasteiger partial charge in [0.15, 0.2) is 0 Å². The van der Waals surface area contributed by atoms with Gasteiger partial charge in [0.2, 0.25) is 0 Å². The lowest BCUT2D eigenvalue weighted by atomic mass is 9.85. The number of hydrogen-bond acceptors (Lipinski definition) is 4. The topological polar surface area (TPSA) is 34.1 Å². The highest BCUT2D eigenvalue weighted by Gasteiger charge is 2.36. The van der Waals surface area contributed by atoms with E-state index in [0.29, 0.717) is 6.04 Å². The molecule has 1 heterocycles. The molecule has 0 radical (unpaired) electrons. The fourth-order valence-electron chi connectivity index (χ4n) is 2.73. The summed E-state index contributed by atoms with van der Waals surface area (Å²) in [5.41, 5.74) is 1.05. The van der Waals surface area contributed by atoms with Gasteiger partial charge in [-0.25, -0.2) is 4.98 Å². The SMILES string of the molecule is CCNC(C)c1csc(C2(OC)CCCCC2)n1. The molecule has 0 aromatic carbocycles. The number of hydrogen-bond donors (Lipinski definition) is 1. The van der Waals surface area contributed by atoms with Gasteiger partial charge in [0.05, 0.1) is 5.69 Å². The van der Waals surface area contributed by atoms with Crippen LogP contribution >= 0.6 is 11.3 Å². The second-order valence-corrected chi connectivity index (χ2v) is 5.97. The Bertz CT molecular complexity index is 372. The van der Waals surface area contributed by atoms with Gasteiger partial charge in [-0.15, -0.1) is 11.3 Å². The van der Waals surface area contributed by atoms with Gasteiger partial charge in [-0.2, -0.15) is 0 Å². The Labute approximate surface area is 114 Å². The molecule has 1 fully saturated rings. The number of nitrogens with one attached hydrogen (secondary N) is 1. The number of aromatic nitrogens is 1. The highest BCUT2D eigenvalue weighted by Crippen LogP contribution is 2.41. The van der Waals surface area contributed by atoms with Gasteiger partial charge >= 0.3 is 0 Å². The van der Waals surface area contributed by atoms with E-state index in [-0.39, 0.29) is 5.60 Å². The number of rotatable bonds is 5. The third-order valence-electron chi connectivity index (χ3n) is 3.92. The predicted molar refractivity (Wildman–Crippen MR) is 76.0 cm³/mol. The van der Waals surface area contributed by atoms with Crippen LogP contribution in [0, 0.1) is 0 Å². The van der Waals surface area contributed by atoms with Crippen molar-refractivity contribution in [1.82, 2.24) is 10.3 Å². The van der Waals surface area contributed by atoms with Crippen molar-refractivity contribution in [2.75, 3.05) is 13.7 Å². The monoisotopic (exact) mass is 268 g/mol. The molecule has 1 aromatic heterocycles. The molecule has 0 saturated heterocycles. The van der Waals surface area contributed by atoms with Gasteiger partial charge in [-0.1, -0.05) is 26.2 Å². The molecule has 18 heavy (non-hydrogen) atoms. The highest BCUT2D eigenvalue weighted by atomic mass is 32.1. The number of nitrogens with zero attached hydrogens (tertiary/aromatic N) is 1. The first kappa shape index (κ1) is 14.0. The van der Waals surface area contributed by atoms with Crippen LogP contribution in [0.2, 0.25) is 0 Å². The van der Waals surface area contributed by atoms with Crippen LogP contribution in [0.15, 0.2) is 5.38 Å². The normalized spacial score (nSPS) is 20.8. The van der Waals surface area contributed by atoms with Gasteiger partial charge in [0.1, 0.15) is 10.6 Å². The zero-order valence-electron chi connectivity index (χ0n) is 11.7. The summed E-state index contributed by atoms with van der Waals surface area (Å²) >= 11 is 1.76. The van der Waals surface area contributed by atoms with Crippen molar-refractivity contribution < 1.29 is 4.74 Å². The van der Waals surface area contributed by atoms with Gasteiger partial charge in [-0.05, 0) is 26.3 Å². The van der Waals surface area contributed by atoms with E-state index in [2.05, 4.69) is 24.5 Å². The van der Waals surface area contributed by atoms with Crippen molar-refractivity contribution >= 4 is 11.3 Å². The minimum atomic E-state index is -0.104. The van der Waals surface area contributed by atoms with Crippen LogP contribution < -0.4 is 5.32 Å². The minimum Gasteiger partial charge on any atom is -0.371 e. The van der Waals surface area contributed by atoms with Crippen LogP contribution in [0.5, 0.6) is 0 Å². The van der Waals surface area contributed by atoms with E-state index in [1.807, 2.05) is 7.11 Å². The largest absolute Gasteiger partial charge is 0.371 e. The maximum Gasteiger partial charge on any atom is 0.125 e. The molecule has 2 rings (SSSR count). The summed E-state index contributed by atoms with van der Waals surface area (Å²) in [4.78, 5) is 4.83. The summed E-state index contributed by atoms with van der Waals surface area (Å²) in [6.45, 7) is 5.27. The Balaban J connectivity index is 2.16. The second kappa shape index (κ2) is 6.13. The molecule has 1 aliphatic rings. The fourth-order valence-corrected chi connectivity index (χ4v) is 3.88. The number of thiazole rings is 1. The minimum absolute atomic E-state index is 0.104. The van der Waals surface area contributed by atoms with Crippen molar-refractivity contribution in [3.8, 4) is 0 Å². The lowest BCUT2D eigenvalue weighted by molar-refractivity contribution is -0.0447. The van der Waals surface area contributed by atoms with Gasteiger partial charge in [-0.3, -0.25) is 0 Å². The van der Waals surface area contributed by atoms with E-state index >= 15 is 0 Å². The molecule has 0 aliphatic heterocycles. The Morgan fingerprint density at radius 3 is 2.78 bits per heavy atom. The van der Waals surface area contributed by atoms with Crippen LogP contribution in [0.4, 0.5) is 0 Å². The van der Waals surface area contributed by atoms with E-state index in [1.165, 1.54) is 24.3 Å². The molecule has 1 aromatic rings. The van der Waals surface area contributed by atoms with E-state index in [4.69, 9.17) is 9.72 Å². The lowest BCUT2D eigenvalue weighted by Crippen LogP contribution is -2.31. The number of methoxy groups -OCH3 is 1. The van der Waals surface area contributed by atoms with Crippen LogP contribution in [0.25, 0.3) is 0 Å². The Kier molecular flexibility index (Phi) is 4.76. The predicted octanol–water partition coefficient (Wildman–Crippen LogP) is 3.62. The molecule has 3 nitrogen and oxygen atoms in total. The smallest absolute Gasteiger partial charge is 0.125 e. The Hall–Kier alpha value is -0.450.